The van der Waals surface area contributed by atoms with Crippen LogP contribution in [0.25, 0.3) is 0 Å². The van der Waals surface area contributed by atoms with E-state index in [9.17, 15) is 4.79 Å². The van der Waals surface area contributed by atoms with Gasteiger partial charge in [0.15, 0.2) is 0 Å². The zero-order valence-electron chi connectivity index (χ0n) is 17.0. The molecule has 0 aromatic heterocycles. The van der Waals surface area contributed by atoms with Gasteiger partial charge in [0.25, 0.3) is 0 Å². The van der Waals surface area contributed by atoms with Gasteiger partial charge in [0.05, 0.1) is 18.3 Å². The van der Waals surface area contributed by atoms with Gasteiger partial charge < -0.3 is 9.47 Å². The van der Waals surface area contributed by atoms with Crippen molar-refractivity contribution >= 4 is 5.91 Å². The zero-order valence-corrected chi connectivity index (χ0v) is 17.0. The van der Waals surface area contributed by atoms with Crippen molar-refractivity contribution < 1.29 is 19.5 Å². The van der Waals surface area contributed by atoms with Crippen molar-refractivity contribution in [3.05, 3.63) is 12.2 Å². The van der Waals surface area contributed by atoms with Gasteiger partial charge in [-0.25, -0.2) is 5.48 Å². The maximum Gasteiger partial charge on any atom is 0.248 e. The highest BCUT2D eigenvalue weighted by Gasteiger charge is 2.47. The number of nitrogens with one attached hydrogen (secondary N) is 1. The minimum Gasteiger partial charge on any atom is -0.378 e. The summed E-state index contributed by atoms with van der Waals surface area (Å²) in [4.78, 5) is 11.6. The minimum absolute atomic E-state index is 0.320. The van der Waals surface area contributed by atoms with Crippen molar-refractivity contribution in [1.82, 2.24) is 5.48 Å². The Morgan fingerprint density at radius 3 is 2.56 bits per heavy atom. The number of hydrogen-bond donors (Lipinski definition) is 2. The Kier molecular flexibility index (Phi) is 7.35. The first-order valence-corrected chi connectivity index (χ1v) is 10.9. The Bertz CT molecular complexity index is 512. The largest absolute Gasteiger partial charge is 0.378 e. The number of carbonyl (C=O) groups is 1. The SMILES string of the molecule is CC(C)(CC/C=C\C[C@H]1[C@@H](CCOC2CCCC2)[C@H]2CC[C@@H]1O2)C(=O)NO. The van der Waals surface area contributed by atoms with Gasteiger partial charge in [-0.2, -0.15) is 0 Å². The smallest absolute Gasteiger partial charge is 0.248 e. The Morgan fingerprint density at radius 1 is 1.15 bits per heavy atom. The lowest BCUT2D eigenvalue weighted by Gasteiger charge is -2.27. The highest BCUT2D eigenvalue weighted by Crippen LogP contribution is 2.46. The molecule has 0 spiro atoms. The van der Waals surface area contributed by atoms with Crippen LogP contribution in [-0.2, 0) is 14.3 Å². The first-order chi connectivity index (χ1) is 13.0. The summed E-state index contributed by atoms with van der Waals surface area (Å²) in [6, 6.07) is 0. The van der Waals surface area contributed by atoms with Gasteiger partial charge in [-0.15, -0.1) is 0 Å². The molecule has 4 atom stereocenters. The molecule has 5 nitrogen and oxygen atoms in total. The number of hydroxylamine groups is 1. The second-order valence-electron chi connectivity index (χ2n) is 9.25. The molecule has 27 heavy (non-hydrogen) atoms. The van der Waals surface area contributed by atoms with E-state index in [0.717, 1.165) is 32.3 Å². The fourth-order valence-corrected chi connectivity index (χ4v) is 5.10. The molecule has 0 aromatic carbocycles. The van der Waals surface area contributed by atoms with E-state index >= 15 is 0 Å². The number of allylic oxidation sites excluding steroid dienone is 2. The van der Waals surface area contributed by atoms with E-state index in [1.165, 1.54) is 38.5 Å². The van der Waals surface area contributed by atoms with Gasteiger partial charge in [-0.1, -0.05) is 38.8 Å². The fraction of sp³-hybridized carbons (Fsp3) is 0.864. The topological polar surface area (TPSA) is 67.8 Å². The van der Waals surface area contributed by atoms with Crippen molar-refractivity contribution in [3.8, 4) is 0 Å². The van der Waals surface area contributed by atoms with Crippen LogP contribution in [0.1, 0.15) is 78.1 Å². The molecule has 0 aromatic rings. The van der Waals surface area contributed by atoms with Crippen molar-refractivity contribution in [1.29, 1.82) is 0 Å². The van der Waals surface area contributed by atoms with E-state index in [1.54, 1.807) is 5.48 Å². The van der Waals surface area contributed by atoms with Gasteiger partial charge >= 0.3 is 0 Å². The van der Waals surface area contributed by atoms with Crippen molar-refractivity contribution in [2.75, 3.05) is 6.61 Å². The molecule has 1 aliphatic carbocycles. The Hall–Kier alpha value is -0.910. The maximum atomic E-state index is 11.6. The van der Waals surface area contributed by atoms with E-state index < -0.39 is 5.41 Å². The normalized spacial score (nSPS) is 31.2. The van der Waals surface area contributed by atoms with Crippen LogP contribution in [-0.4, -0.2) is 36.0 Å². The molecule has 154 valence electrons. The Balaban J connectivity index is 1.41. The van der Waals surface area contributed by atoms with Gasteiger partial charge in [0.2, 0.25) is 5.91 Å². The van der Waals surface area contributed by atoms with Crippen LogP contribution in [0, 0.1) is 17.3 Å². The van der Waals surface area contributed by atoms with Crippen LogP contribution in [0.4, 0.5) is 0 Å². The standard InChI is InChI=1S/C22H37NO4/c1-22(2,21(24)23-25)14-7-3-4-10-17-18(20-12-11-19(17)27-20)13-15-26-16-8-5-6-9-16/h3-4,16-20,25H,5-15H2,1-2H3,(H,23,24)/b4-3-/t17-,18+,19-,20+/m0/s1. The summed E-state index contributed by atoms with van der Waals surface area (Å²) < 4.78 is 12.3. The summed E-state index contributed by atoms with van der Waals surface area (Å²) >= 11 is 0. The number of hydrogen-bond acceptors (Lipinski definition) is 4. The molecule has 2 heterocycles. The molecule has 3 aliphatic rings. The lowest BCUT2D eigenvalue weighted by atomic mass is 9.76. The van der Waals surface area contributed by atoms with Crippen LogP contribution >= 0.6 is 0 Å². The average molecular weight is 380 g/mol. The molecular weight excluding hydrogens is 342 g/mol. The van der Waals surface area contributed by atoms with Gasteiger partial charge in [-0.05, 0) is 63.2 Å². The first-order valence-electron chi connectivity index (χ1n) is 10.9. The highest BCUT2D eigenvalue weighted by molar-refractivity contribution is 5.80. The van der Waals surface area contributed by atoms with Crippen molar-refractivity contribution in [3.63, 3.8) is 0 Å². The predicted molar refractivity (Wildman–Crippen MR) is 104 cm³/mol. The third-order valence-electron chi connectivity index (χ3n) is 6.92. The summed E-state index contributed by atoms with van der Waals surface area (Å²) in [6.45, 7) is 4.60. The average Bonchev–Trinajstić information content (AvgIpc) is 3.39. The number of fused-ring (bicyclic) bond motifs is 2. The van der Waals surface area contributed by atoms with Gasteiger partial charge in [-0.3, -0.25) is 10.0 Å². The number of carbonyl (C=O) groups excluding carboxylic acids is 1. The molecule has 3 fully saturated rings. The van der Waals surface area contributed by atoms with Crippen LogP contribution < -0.4 is 5.48 Å². The summed E-state index contributed by atoms with van der Waals surface area (Å²) in [6.07, 6.45) is 17.1. The van der Waals surface area contributed by atoms with Gasteiger partial charge in [0, 0.05) is 12.0 Å². The highest BCUT2D eigenvalue weighted by atomic mass is 16.5. The molecule has 2 N–H and O–H groups in total. The fourth-order valence-electron chi connectivity index (χ4n) is 5.10. The molecular formula is C22H37NO4. The summed E-state index contributed by atoms with van der Waals surface area (Å²) in [7, 11) is 0. The monoisotopic (exact) mass is 379 g/mol. The second kappa shape index (κ2) is 9.53. The molecule has 0 unspecified atom stereocenters. The van der Waals surface area contributed by atoms with E-state index in [1.807, 2.05) is 13.8 Å². The number of amides is 1. The third-order valence-corrected chi connectivity index (χ3v) is 6.92. The molecule has 0 radical (unpaired) electrons. The molecule has 1 amide bonds. The summed E-state index contributed by atoms with van der Waals surface area (Å²) in [5.41, 5.74) is 1.22. The molecule has 1 saturated carbocycles. The predicted octanol–water partition coefficient (Wildman–Crippen LogP) is 4.39. The first kappa shape index (κ1) is 20.8. The maximum absolute atomic E-state index is 11.6. The van der Waals surface area contributed by atoms with Gasteiger partial charge in [0.1, 0.15) is 0 Å². The lowest BCUT2D eigenvalue weighted by molar-refractivity contribution is -0.138. The molecule has 2 saturated heterocycles. The van der Waals surface area contributed by atoms with Crippen molar-refractivity contribution in [2.24, 2.45) is 17.3 Å². The van der Waals surface area contributed by atoms with Crippen LogP contribution in [0.3, 0.4) is 0 Å². The van der Waals surface area contributed by atoms with E-state index in [-0.39, 0.29) is 5.91 Å². The van der Waals surface area contributed by atoms with Crippen molar-refractivity contribution in [2.45, 2.75) is 96.4 Å². The minimum atomic E-state index is -0.547. The Morgan fingerprint density at radius 2 is 1.85 bits per heavy atom. The quantitative estimate of drug-likeness (QED) is 0.336. The molecule has 2 bridgehead atoms. The van der Waals surface area contributed by atoms with E-state index in [0.29, 0.717) is 30.1 Å². The van der Waals surface area contributed by atoms with E-state index in [2.05, 4.69) is 12.2 Å². The summed E-state index contributed by atoms with van der Waals surface area (Å²) in [5.74, 6) is 0.923. The van der Waals surface area contributed by atoms with E-state index in [4.69, 9.17) is 14.7 Å². The zero-order chi connectivity index (χ0) is 19.3. The number of ether oxygens (including phenoxy) is 2. The second-order valence-corrected chi connectivity index (χ2v) is 9.25. The summed E-state index contributed by atoms with van der Waals surface area (Å²) in [5, 5.41) is 8.80. The van der Waals surface area contributed by atoms with Crippen LogP contribution in [0.5, 0.6) is 0 Å². The Labute approximate surface area is 163 Å². The lowest BCUT2D eigenvalue weighted by Crippen LogP contribution is -2.34. The van der Waals surface area contributed by atoms with Crippen LogP contribution in [0.2, 0.25) is 0 Å². The third kappa shape index (κ3) is 5.33. The molecule has 5 heteroatoms. The number of rotatable bonds is 10. The molecule has 2 aliphatic heterocycles. The van der Waals surface area contributed by atoms with Crippen LogP contribution in [0.15, 0.2) is 12.2 Å². The molecule has 3 rings (SSSR count).